The van der Waals surface area contributed by atoms with E-state index in [1.54, 1.807) is 29.0 Å². The summed E-state index contributed by atoms with van der Waals surface area (Å²) in [6.07, 6.45) is 1.22. The number of thiophene rings is 1. The second-order valence-electron chi connectivity index (χ2n) is 7.14. The van der Waals surface area contributed by atoms with Crippen molar-refractivity contribution in [3.8, 4) is 5.75 Å². The van der Waals surface area contributed by atoms with Crippen molar-refractivity contribution in [3.63, 3.8) is 0 Å². The lowest BCUT2D eigenvalue weighted by Crippen LogP contribution is -2.46. The van der Waals surface area contributed by atoms with Crippen molar-refractivity contribution < 1.29 is 19.1 Å². The van der Waals surface area contributed by atoms with Crippen molar-refractivity contribution in [1.29, 1.82) is 0 Å². The van der Waals surface area contributed by atoms with Gasteiger partial charge in [0.25, 0.3) is 5.91 Å². The molecule has 0 radical (unpaired) electrons. The van der Waals surface area contributed by atoms with E-state index >= 15 is 0 Å². The van der Waals surface area contributed by atoms with Gasteiger partial charge in [0, 0.05) is 25.6 Å². The molecule has 0 aliphatic carbocycles. The first kappa shape index (κ1) is 21.8. The van der Waals surface area contributed by atoms with Gasteiger partial charge in [-0.2, -0.15) is 0 Å². The van der Waals surface area contributed by atoms with Crippen LogP contribution in [-0.4, -0.2) is 60.8 Å². The Labute approximate surface area is 180 Å². The minimum Gasteiger partial charge on any atom is -0.495 e. The fourth-order valence-corrected chi connectivity index (χ4v) is 4.29. The molecule has 1 fully saturated rings. The van der Waals surface area contributed by atoms with Crippen LogP contribution in [0.3, 0.4) is 0 Å². The number of likely N-dealkylation sites (N-methyl/N-ethyl adjacent to an activating group) is 1. The molecule has 7 nitrogen and oxygen atoms in total. The Hall–Kier alpha value is -2.87. The van der Waals surface area contributed by atoms with Gasteiger partial charge >= 0.3 is 0 Å². The van der Waals surface area contributed by atoms with Gasteiger partial charge in [0.1, 0.15) is 5.75 Å². The van der Waals surface area contributed by atoms with Crippen molar-refractivity contribution >= 4 is 34.7 Å². The fraction of sp³-hybridized carbons (Fsp3) is 0.409. The molecule has 1 aromatic carbocycles. The zero-order chi connectivity index (χ0) is 21.5. The third kappa shape index (κ3) is 5.18. The van der Waals surface area contributed by atoms with E-state index in [2.05, 4.69) is 5.32 Å². The number of hydrogen-bond acceptors (Lipinski definition) is 5. The number of piperidine rings is 1. The molecule has 0 bridgehead atoms. The molecule has 1 aromatic heterocycles. The van der Waals surface area contributed by atoms with Crippen molar-refractivity contribution in [1.82, 2.24) is 9.80 Å². The van der Waals surface area contributed by atoms with Crippen LogP contribution in [0.2, 0.25) is 0 Å². The number of carbonyl (C=O) groups excluding carboxylic acids is 3. The Kier molecular flexibility index (Phi) is 7.46. The van der Waals surface area contributed by atoms with Crippen molar-refractivity contribution in [2.24, 2.45) is 5.92 Å². The molecule has 8 heteroatoms. The highest BCUT2D eigenvalue weighted by Crippen LogP contribution is 2.24. The average molecular weight is 430 g/mol. The molecule has 1 saturated heterocycles. The summed E-state index contributed by atoms with van der Waals surface area (Å²) in [5.41, 5.74) is 0.578. The lowest BCUT2D eigenvalue weighted by molar-refractivity contribution is -0.139. The van der Waals surface area contributed by atoms with E-state index < -0.39 is 0 Å². The summed E-state index contributed by atoms with van der Waals surface area (Å²) >= 11 is 1.43. The number of nitrogens with zero attached hydrogens (tertiary/aromatic N) is 2. The maximum Gasteiger partial charge on any atom is 0.263 e. The van der Waals surface area contributed by atoms with Crippen molar-refractivity contribution in [2.45, 2.75) is 19.8 Å². The fourth-order valence-electron chi connectivity index (χ4n) is 3.60. The molecule has 3 amide bonds. The van der Waals surface area contributed by atoms with E-state index in [4.69, 9.17) is 4.74 Å². The van der Waals surface area contributed by atoms with Crippen LogP contribution in [-0.2, 0) is 9.59 Å². The molecule has 1 aliphatic heterocycles. The first-order valence-electron chi connectivity index (χ1n) is 10.1. The van der Waals surface area contributed by atoms with Gasteiger partial charge in [-0.05, 0) is 43.3 Å². The minimum absolute atomic E-state index is 0.0122. The van der Waals surface area contributed by atoms with Crippen LogP contribution in [0.4, 0.5) is 5.69 Å². The van der Waals surface area contributed by atoms with Crippen LogP contribution in [0.5, 0.6) is 5.75 Å². The second kappa shape index (κ2) is 10.2. The zero-order valence-corrected chi connectivity index (χ0v) is 18.1. The SMILES string of the molecule is CCN(CC(=O)Nc1ccccc1OC)C(=O)C1CCN(C(=O)c2cccs2)CC1. The number of hydrogen-bond donors (Lipinski definition) is 1. The summed E-state index contributed by atoms with van der Waals surface area (Å²) in [4.78, 5) is 42.0. The summed E-state index contributed by atoms with van der Waals surface area (Å²) in [6.45, 7) is 3.41. The Balaban J connectivity index is 1.53. The summed E-state index contributed by atoms with van der Waals surface area (Å²) in [5, 5.41) is 4.70. The third-order valence-electron chi connectivity index (χ3n) is 5.27. The topological polar surface area (TPSA) is 79.0 Å². The van der Waals surface area contributed by atoms with E-state index in [9.17, 15) is 14.4 Å². The first-order valence-corrected chi connectivity index (χ1v) is 11.0. The summed E-state index contributed by atoms with van der Waals surface area (Å²) in [7, 11) is 1.54. The normalized spacial score (nSPS) is 14.3. The minimum atomic E-state index is -0.264. The van der Waals surface area contributed by atoms with Crippen LogP contribution in [0.15, 0.2) is 41.8 Å². The Morgan fingerprint density at radius 3 is 2.53 bits per heavy atom. The van der Waals surface area contributed by atoms with Gasteiger partial charge in [-0.15, -0.1) is 11.3 Å². The predicted molar refractivity (Wildman–Crippen MR) is 117 cm³/mol. The number of likely N-dealkylation sites (tertiary alicyclic amines) is 1. The van der Waals surface area contributed by atoms with Gasteiger partial charge in [-0.25, -0.2) is 0 Å². The molecule has 0 spiro atoms. The van der Waals surface area contributed by atoms with E-state index in [1.165, 1.54) is 11.3 Å². The standard InChI is InChI=1S/C22H27N3O4S/c1-3-24(15-20(26)23-17-7-4-5-8-18(17)29-2)21(27)16-10-12-25(13-11-16)22(28)19-9-6-14-30-19/h4-9,14,16H,3,10-13,15H2,1-2H3,(H,23,26). The maximum absolute atomic E-state index is 13.0. The van der Waals surface area contributed by atoms with Crippen molar-refractivity contribution in [3.05, 3.63) is 46.7 Å². The number of benzene rings is 1. The monoisotopic (exact) mass is 429 g/mol. The van der Waals surface area contributed by atoms with E-state index in [0.717, 1.165) is 4.88 Å². The second-order valence-corrected chi connectivity index (χ2v) is 8.09. The third-order valence-corrected chi connectivity index (χ3v) is 6.13. The molecule has 160 valence electrons. The maximum atomic E-state index is 13.0. The number of carbonyl (C=O) groups is 3. The van der Waals surface area contributed by atoms with Crippen molar-refractivity contribution in [2.75, 3.05) is 38.6 Å². The lowest BCUT2D eigenvalue weighted by atomic mass is 9.95. The van der Waals surface area contributed by atoms with Gasteiger partial charge < -0.3 is 19.9 Å². The van der Waals surface area contributed by atoms with Gasteiger partial charge in [0.15, 0.2) is 0 Å². The number of nitrogens with one attached hydrogen (secondary N) is 1. The highest BCUT2D eigenvalue weighted by atomic mass is 32.1. The molecule has 3 rings (SSSR count). The Morgan fingerprint density at radius 2 is 1.90 bits per heavy atom. The molecule has 0 saturated carbocycles. The molecular formula is C22H27N3O4S. The number of anilines is 1. The smallest absolute Gasteiger partial charge is 0.263 e. The predicted octanol–water partition coefficient (Wildman–Crippen LogP) is 3.10. The average Bonchev–Trinajstić information content (AvgIpc) is 3.32. The van der Waals surface area contributed by atoms with E-state index in [0.29, 0.717) is 43.9 Å². The zero-order valence-electron chi connectivity index (χ0n) is 17.3. The highest BCUT2D eigenvalue weighted by molar-refractivity contribution is 7.12. The summed E-state index contributed by atoms with van der Waals surface area (Å²) < 4.78 is 5.25. The molecule has 2 aromatic rings. The summed E-state index contributed by atoms with van der Waals surface area (Å²) in [5.74, 6) is 0.134. The van der Waals surface area contributed by atoms with Crippen LogP contribution in [0, 0.1) is 5.92 Å². The van der Waals surface area contributed by atoms with Gasteiger partial charge in [0.05, 0.1) is 24.2 Å². The molecule has 30 heavy (non-hydrogen) atoms. The summed E-state index contributed by atoms with van der Waals surface area (Å²) in [6, 6.07) is 10.9. The van der Waals surface area contributed by atoms with Crippen LogP contribution in [0.1, 0.15) is 29.4 Å². The van der Waals surface area contributed by atoms with Gasteiger partial charge in [-0.1, -0.05) is 18.2 Å². The largest absolute Gasteiger partial charge is 0.495 e. The number of para-hydroxylation sites is 2. The Morgan fingerprint density at radius 1 is 1.17 bits per heavy atom. The molecule has 1 N–H and O–H groups in total. The van der Waals surface area contributed by atoms with Crippen LogP contribution in [0.25, 0.3) is 0 Å². The number of amides is 3. The molecular weight excluding hydrogens is 402 g/mol. The molecule has 0 atom stereocenters. The number of methoxy groups -OCH3 is 1. The number of ether oxygens (including phenoxy) is 1. The van der Waals surface area contributed by atoms with Crippen LogP contribution < -0.4 is 10.1 Å². The Bertz CT molecular complexity index is 876. The molecule has 0 unspecified atom stereocenters. The molecule has 1 aliphatic rings. The van der Waals surface area contributed by atoms with E-state index in [1.807, 2.05) is 36.6 Å². The van der Waals surface area contributed by atoms with Crippen LogP contribution >= 0.6 is 11.3 Å². The first-order chi connectivity index (χ1) is 14.5. The highest BCUT2D eigenvalue weighted by Gasteiger charge is 2.31. The quantitative estimate of drug-likeness (QED) is 0.734. The number of rotatable bonds is 7. The van der Waals surface area contributed by atoms with Gasteiger partial charge in [0.2, 0.25) is 11.8 Å². The molecule has 2 heterocycles. The van der Waals surface area contributed by atoms with Gasteiger partial charge in [-0.3, -0.25) is 14.4 Å². The van der Waals surface area contributed by atoms with E-state index in [-0.39, 0.29) is 30.2 Å². The lowest BCUT2D eigenvalue weighted by Gasteiger charge is -2.33.